The smallest absolute Gasteiger partial charge is 0.269 e. The molecule has 1 fully saturated rings. The Morgan fingerprint density at radius 3 is 1.63 bits per heavy atom. The standard InChI is InChI=1S/C19H19N3O5/c1-27-17-8-4-15(5-9-17)19(24)21-12-10-20(11-13-21)18(23)14-2-6-16(7-3-14)22(25)26/h2-9H,10-13H2,1H3. The fraction of sp³-hybridized carbons (Fsp3) is 0.263. The number of nitrogens with zero attached hydrogens (tertiary/aromatic N) is 3. The van der Waals surface area contributed by atoms with E-state index in [4.69, 9.17) is 4.74 Å². The minimum Gasteiger partial charge on any atom is -0.497 e. The fourth-order valence-electron chi connectivity index (χ4n) is 2.94. The second-order valence-electron chi connectivity index (χ2n) is 6.12. The Morgan fingerprint density at radius 2 is 1.26 bits per heavy atom. The molecule has 0 N–H and O–H groups in total. The van der Waals surface area contributed by atoms with Crippen molar-refractivity contribution in [2.45, 2.75) is 0 Å². The molecule has 1 aliphatic rings. The van der Waals surface area contributed by atoms with Gasteiger partial charge in [0.2, 0.25) is 0 Å². The van der Waals surface area contributed by atoms with E-state index in [-0.39, 0.29) is 17.5 Å². The lowest BCUT2D eigenvalue weighted by Gasteiger charge is -2.34. The molecule has 0 atom stereocenters. The number of carbonyl (C=O) groups is 2. The number of rotatable bonds is 4. The molecule has 1 aliphatic heterocycles. The minimum atomic E-state index is -0.502. The van der Waals surface area contributed by atoms with Crippen molar-refractivity contribution in [1.82, 2.24) is 9.80 Å². The van der Waals surface area contributed by atoms with Gasteiger partial charge in [-0.3, -0.25) is 19.7 Å². The number of benzene rings is 2. The van der Waals surface area contributed by atoms with Crippen LogP contribution in [0.1, 0.15) is 20.7 Å². The van der Waals surface area contributed by atoms with E-state index in [1.54, 1.807) is 41.2 Å². The third-order valence-corrected chi connectivity index (χ3v) is 4.52. The Morgan fingerprint density at radius 1 is 0.852 bits per heavy atom. The number of ether oxygens (including phenoxy) is 1. The van der Waals surface area contributed by atoms with Gasteiger partial charge in [0.15, 0.2) is 0 Å². The van der Waals surface area contributed by atoms with Gasteiger partial charge in [0.25, 0.3) is 17.5 Å². The van der Waals surface area contributed by atoms with Gasteiger partial charge in [0.05, 0.1) is 12.0 Å². The summed E-state index contributed by atoms with van der Waals surface area (Å²) in [6.07, 6.45) is 0. The van der Waals surface area contributed by atoms with E-state index in [1.807, 2.05) is 0 Å². The Kier molecular flexibility index (Phi) is 5.35. The van der Waals surface area contributed by atoms with Crippen LogP contribution < -0.4 is 4.74 Å². The average molecular weight is 369 g/mol. The zero-order valence-corrected chi connectivity index (χ0v) is 14.8. The maximum absolute atomic E-state index is 12.6. The zero-order chi connectivity index (χ0) is 19.4. The minimum absolute atomic E-state index is 0.0542. The molecule has 0 bridgehead atoms. The largest absolute Gasteiger partial charge is 0.497 e. The molecular weight excluding hydrogens is 350 g/mol. The highest BCUT2D eigenvalue weighted by atomic mass is 16.6. The molecule has 2 aromatic carbocycles. The highest BCUT2D eigenvalue weighted by molar-refractivity contribution is 5.96. The summed E-state index contributed by atoms with van der Waals surface area (Å²) in [5.74, 6) is 0.409. The molecule has 0 radical (unpaired) electrons. The third kappa shape index (κ3) is 4.05. The molecule has 3 rings (SSSR count). The summed E-state index contributed by atoms with van der Waals surface area (Å²) in [6, 6.07) is 12.5. The molecule has 0 saturated carbocycles. The monoisotopic (exact) mass is 369 g/mol. The molecule has 0 aliphatic carbocycles. The Labute approximate surface area is 156 Å². The van der Waals surface area contributed by atoms with Crippen molar-refractivity contribution >= 4 is 17.5 Å². The van der Waals surface area contributed by atoms with Crippen LogP contribution >= 0.6 is 0 Å². The molecule has 140 valence electrons. The second-order valence-corrected chi connectivity index (χ2v) is 6.12. The van der Waals surface area contributed by atoms with E-state index >= 15 is 0 Å². The first-order valence-electron chi connectivity index (χ1n) is 8.46. The number of carbonyl (C=O) groups excluding carboxylic acids is 2. The molecule has 8 heteroatoms. The Hall–Kier alpha value is -3.42. The van der Waals surface area contributed by atoms with E-state index in [9.17, 15) is 19.7 Å². The maximum Gasteiger partial charge on any atom is 0.269 e. The highest BCUT2D eigenvalue weighted by Gasteiger charge is 2.25. The first-order chi connectivity index (χ1) is 13.0. The SMILES string of the molecule is COc1ccc(C(=O)N2CCN(C(=O)c3ccc([N+](=O)[O-])cc3)CC2)cc1. The molecular formula is C19H19N3O5. The molecule has 0 aromatic heterocycles. The molecule has 27 heavy (non-hydrogen) atoms. The van der Waals surface area contributed by atoms with Gasteiger partial charge in [-0.25, -0.2) is 0 Å². The normalized spacial score (nSPS) is 14.0. The van der Waals surface area contributed by atoms with E-state index < -0.39 is 4.92 Å². The van der Waals surface area contributed by atoms with Crippen molar-refractivity contribution in [3.05, 3.63) is 69.8 Å². The number of hydrogen-bond donors (Lipinski definition) is 0. The summed E-state index contributed by atoms with van der Waals surface area (Å²) < 4.78 is 5.09. The Bertz CT molecular complexity index is 841. The number of amides is 2. The van der Waals surface area contributed by atoms with Crippen LogP contribution in [0, 0.1) is 10.1 Å². The van der Waals surface area contributed by atoms with E-state index in [2.05, 4.69) is 0 Å². The molecule has 1 heterocycles. The fourth-order valence-corrected chi connectivity index (χ4v) is 2.94. The highest BCUT2D eigenvalue weighted by Crippen LogP contribution is 2.17. The molecule has 1 saturated heterocycles. The van der Waals surface area contributed by atoms with Crippen molar-refractivity contribution in [2.75, 3.05) is 33.3 Å². The van der Waals surface area contributed by atoms with Crippen LogP contribution in [0.25, 0.3) is 0 Å². The quantitative estimate of drug-likeness (QED) is 0.608. The topological polar surface area (TPSA) is 93.0 Å². The predicted octanol–water partition coefficient (Wildman–Crippen LogP) is 2.20. The second kappa shape index (κ2) is 7.86. The summed E-state index contributed by atoms with van der Waals surface area (Å²) in [5, 5.41) is 10.7. The lowest BCUT2D eigenvalue weighted by Crippen LogP contribution is -2.50. The van der Waals surface area contributed by atoms with Crippen LogP contribution in [0.2, 0.25) is 0 Å². The van der Waals surface area contributed by atoms with Crippen LogP contribution in [-0.2, 0) is 0 Å². The molecule has 2 aromatic rings. The summed E-state index contributed by atoms with van der Waals surface area (Å²) >= 11 is 0. The molecule has 0 spiro atoms. The van der Waals surface area contributed by atoms with Gasteiger partial charge >= 0.3 is 0 Å². The lowest BCUT2D eigenvalue weighted by molar-refractivity contribution is -0.384. The van der Waals surface area contributed by atoms with Crippen LogP contribution in [-0.4, -0.2) is 59.8 Å². The van der Waals surface area contributed by atoms with Gasteiger partial charge < -0.3 is 14.5 Å². The van der Waals surface area contributed by atoms with Crippen molar-refractivity contribution < 1.29 is 19.2 Å². The zero-order valence-electron chi connectivity index (χ0n) is 14.8. The van der Waals surface area contributed by atoms with Gasteiger partial charge in [-0.15, -0.1) is 0 Å². The summed E-state index contributed by atoms with van der Waals surface area (Å²) in [4.78, 5) is 38.7. The number of methoxy groups -OCH3 is 1. The van der Waals surface area contributed by atoms with Crippen LogP contribution in [0.4, 0.5) is 5.69 Å². The van der Waals surface area contributed by atoms with E-state index in [0.717, 1.165) is 0 Å². The Balaban J connectivity index is 1.59. The van der Waals surface area contributed by atoms with Crippen molar-refractivity contribution in [1.29, 1.82) is 0 Å². The summed E-state index contributed by atoms with van der Waals surface area (Å²) in [6.45, 7) is 1.70. The average Bonchev–Trinajstić information content (AvgIpc) is 2.73. The van der Waals surface area contributed by atoms with Crippen LogP contribution in [0.5, 0.6) is 5.75 Å². The third-order valence-electron chi connectivity index (χ3n) is 4.52. The molecule has 0 unspecified atom stereocenters. The first-order valence-corrected chi connectivity index (χ1v) is 8.46. The van der Waals surface area contributed by atoms with Gasteiger partial charge in [0, 0.05) is 49.4 Å². The van der Waals surface area contributed by atoms with Gasteiger partial charge in [-0.05, 0) is 36.4 Å². The first kappa shape index (κ1) is 18.4. The van der Waals surface area contributed by atoms with Crippen molar-refractivity contribution in [3.63, 3.8) is 0 Å². The molecule has 8 nitrogen and oxygen atoms in total. The number of nitro groups is 1. The summed E-state index contributed by atoms with van der Waals surface area (Å²) in [5.41, 5.74) is 0.919. The van der Waals surface area contributed by atoms with Gasteiger partial charge in [-0.1, -0.05) is 0 Å². The lowest BCUT2D eigenvalue weighted by atomic mass is 10.1. The van der Waals surface area contributed by atoms with Crippen LogP contribution in [0.15, 0.2) is 48.5 Å². The van der Waals surface area contributed by atoms with Crippen molar-refractivity contribution in [2.24, 2.45) is 0 Å². The van der Waals surface area contributed by atoms with E-state index in [0.29, 0.717) is 43.1 Å². The van der Waals surface area contributed by atoms with Crippen LogP contribution in [0.3, 0.4) is 0 Å². The summed E-state index contributed by atoms with van der Waals surface area (Å²) in [7, 11) is 1.57. The number of nitro benzene ring substituents is 1. The van der Waals surface area contributed by atoms with Gasteiger partial charge in [-0.2, -0.15) is 0 Å². The number of piperazine rings is 1. The molecule has 2 amide bonds. The van der Waals surface area contributed by atoms with Crippen molar-refractivity contribution in [3.8, 4) is 5.75 Å². The van der Waals surface area contributed by atoms with Gasteiger partial charge in [0.1, 0.15) is 5.75 Å². The van der Waals surface area contributed by atoms with E-state index in [1.165, 1.54) is 24.3 Å². The maximum atomic E-state index is 12.6. The number of non-ortho nitro benzene ring substituents is 1. The number of hydrogen-bond acceptors (Lipinski definition) is 5. The predicted molar refractivity (Wildman–Crippen MR) is 97.9 cm³/mol.